The molecule has 0 spiro atoms. The SMILES string of the molecule is CCO[C@H]1O[C@H](CO[C@H]2O[C@H](COC(C)=O)[C@H](OC(C)=O)[C@H](OC(C)=O)[C@H]2N=[N+]=[N-])[C@@H](OC(C)=O)[C@H](OC(C)=O)[C@H]1NC(=O)OCc1ccccc1. The van der Waals surface area contributed by atoms with Gasteiger partial charge in [-0.05, 0) is 18.0 Å². The Morgan fingerprint density at radius 2 is 1.25 bits per heavy atom. The Balaban J connectivity index is 1.95. The molecule has 1 N–H and O–H groups in total. The predicted molar refractivity (Wildman–Crippen MR) is 170 cm³/mol. The molecule has 2 aliphatic heterocycles. The van der Waals surface area contributed by atoms with Gasteiger partial charge in [-0.2, -0.15) is 0 Å². The smallest absolute Gasteiger partial charge is 0.407 e. The van der Waals surface area contributed by atoms with E-state index in [1.54, 1.807) is 37.3 Å². The summed E-state index contributed by atoms with van der Waals surface area (Å²) in [5, 5.41) is 6.25. The molecule has 2 saturated heterocycles. The molecule has 0 unspecified atom stereocenters. The molecule has 2 heterocycles. The van der Waals surface area contributed by atoms with E-state index >= 15 is 0 Å². The van der Waals surface area contributed by atoms with Crippen molar-refractivity contribution in [1.29, 1.82) is 0 Å². The van der Waals surface area contributed by atoms with Gasteiger partial charge in [0.05, 0.1) is 6.61 Å². The third kappa shape index (κ3) is 12.3. The Morgan fingerprint density at radius 3 is 1.81 bits per heavy atom. The molecule has 1 aromatic rings. The molecule has 0 bridgehead atoms. The number of hydrogen-bond acceptors (Lipinski definition) is 17. The number of carbonyl (C=O) groups excluding carboxylic acids is 6. The highest BCUT2D eigenvalue weighted by atomic mass is 16.7. The van der Waals surface area contributed by atoms with Crippen LogP contribution in [0.2, 0.25) is 0 Å². The van der Waals surface area contributed by atoms with Crippen LogP contribution in [0.3, 0.4) is 0 Å². The lowest BCUT2D eigenvalue weighted by molar-refractivity contribution is -0.305. The number of alkyl carbamates (subject to hydrolysis) is 1. The Hall–Kier alpha value is -5.01. The number of ether oxygens (including phenoxy) is 10. The number of nitrogens with zero attached hydrogens (tertiary/aromatic N) is 3. The van der Waals surface area contributed by atoms with Crippen molar-refractivity contribution in [2.75, 3.05) is 19.8 Å². The molecule has 0 aliphatic carbocycles. The Morgan fingerprint density at radius 1 is 0.712 bits per heavy atom. The van der Waals surface area contributed by atoms with Gasteiger partial charge in [0, 0.05) is 46.1 Å². The van der Waals surface area contributed by atoms with E-state index < -0.39 is 110 Å². The fourth-order valence-electron chi connectivity index (χ4n) is 5.46. The molecule has 52 heavy (non-hydrogen) atoms. The number of hydrogen-bond donors (Lipinski definition) is 1. The van der Waals surface area contributed by atoms with E-state index in [1.165, 1.54) is 0 Å². The number of carbonyl (C=O) groups is 6. The van der Waals surface area contributed by atoms with Crippen LogP contribution < -0.4 is 5.32 Å². The predicted octanol–water partition coefficient (Wildman–Crippen LogP) is 1.75. The molecular formula is C32H42N4O16. The maximum atomic E-state index is 13.0. The summed E-state index contributed by atoms with van der Waals surface area (Å²) in [6.45, 7) is 5.99. The van der Waals surface area contributed by atoms with Crippen molar-refractivity contribution in [2.45, 2.75) is 109 Å². The highest BCUT2D eigenvalue weighted by Gasteiger charge is 2.54. The van der Waals surface area contributed by atoms with E-state index in [0.717, 1.165) is 34.6 Å². The van der Waals surface area contributed by atoms with Crippen LogP contribution in [0.4, 0.5) is 4.79 Å². The first-order valence-corrected chi connectivity index (χ1v) is 16.1. The molecule has 0 radical (unpaired) electrons. The lowest BCUT2D eigenvalue weighted by Gasteiger charge is -2.46. The summed E-state index contributed by atoms with van der Waals surface area (Å²) in [6, 6.07) is 6.04. The summed E-state index contributed by atoms with van der Waals surface area (Å²) in [5.74, 6) is -4.01. The minimum absolute atomic E-state index is 0.0463. The van der Waals surface area contributed by atoms with E-state index in [4.69, 9.17) is 47.4 Å². The molecule has 3 rings (SSSR count). The van der Waals surface area contributed by atoms with Gasteiger partial charge in [-0.25, -0.2) is 4.79 Å². The zero-order chi connectivity index (χ0) is 38.4. The largest absolute Gasteiger partial charge is 0.463 e. The third-order valence-corrected chi connectivity index (χ3v) is 7.36. The van der Waals surface area contributed by atoms with Gasteiger partial charge in [0.15, 0.2) is 37.0 Å². The van der Waals surface area contributed by atoms with Crippen LogP contribution in [-0.4, -0.2) is 117 Å². The minimum Gasteiger partial charge on any atom is -0.463 e. The van der Waals surface area contributed by atoms with E-state index in [0.29, 0.717) is 5.56 Å². The van der Waals surface area contributed by atoms with Crippen LogP contribution in [0.25, 0.3) is 10.4 Å². The van der Waals surface area contributed by atoms with Crippen molar-refractivity contribution in [1.82, 2.24) is 5.32 Å². The van der Waals surface area contributed by atoms with Crippen molar-refractivity contribution >= 4 is 35.9 Å². The van der Waals surface area contributed by atoms with Gasteiger partial charge < -0.3 is 52.7 Å². The van der Waals surface area contributed by atoms with Gasteiger partial charge in [-0.15, -0.1) is 0 Å². The fraction of sp³-hybridized carbons (Fsp3) is 0.625. The Labute approximate surface area is 298 Å². The lowest BCUT2D eigenvalue weighted by atomic mass is 9.95. The molecule has 0 aromatic heterocycles. The van der Waals surface area contributed by atoms with Gasteiger partial charge in [0.25, 0.3) is 0 Å². The van der Waals surface area contributed by atoms with Crippen molar-refractivity contribution in [3.63, 3.8) is 0 Å². The van der Waals surface area contributed by atoms with Crippen LogP contribution in [-0.2, 0) is 77.9 Å². The number of esters is 5. The first kappa shape index (κ1) is 41.4. The summed E-state index contributed by atoms with van der Waals surface area (Å²) in [7, 11) is 0. The fourth-order valence-corrected chi connectivity index (χ4v) is 5.46. The average Bonchev–Trinajstić information content (AvgIpc) is 3.06. The summed E-state index contributed by atoms with van der Waals surface area (Å²) in [4.78, 5) is 76.3. The summed E-state index contributed by atoms with van der Waals surface area (Å²) in [6.07, 6.45) is -12.3. The van der Waals surface area contributed by atoms with Crippen molar-refractivity contribution in [3.05, 3.63) is 46.3 Å². The van der Waals surface area contributed by atoms with E-state index in [-0.39, 0.29) is 13.2 Å². The Bertz CT molecular complexity index is 1460. The number of amides is 1. The van der Waals surface area contributed by atoms with Crippen LogP contribution >= 0.6 is 0 Å². The maximum absolute atomic E-state index is 13.0. The van der Waals surface area contributed by atoms with Crippen molar-refractivity contribution in [2.24, 2.45) is 5.11 Å². The monoisotopic (exact) mass is 738 g/mol. The van der Waals surface area contributed by atoms with E-state index in [1.807, 2.05) is 0 Å². The van der Waals surface area contributed by atoms with Gasteiger partial charge >= 0.3 is 35.9 Å². The van der Waals surface area contributed by atoms with Gasteiger partial charge in [0.1, 0.15) is 37.5 Å². The maximum Gasteiger partial charge on any atom is 0.407 e. The molecule has 2 aliphatic rings. The molecular weight excluding hydrogens is 696 g/mol. The van der Waals surface area contributed by atoms with Crippen molar-refractivity contribution in [3.8, 4) is 0 Å². The van der Waals surface area contributed by atoms with Crippen LogP contribution in [0.1, 0.15) is 47.1 Å². The number of azide groups is 1. The second-order valence-corrected chi connectivity index (χ2v) is 11.4. The molecule has 1 aromatic carbocycles. The lowest BCUT2D eigenvalue weighted by Crippen LogP contribution is -2.67. The summed E-state index contributed by atoms with van der Waals surface area (Å²) >= 11 is 0. The molecule has 0 saturated carbocycles. The van der Waals surface area contributed by atoms with Crippen LogP contribution in [0.5, 0.6) is 0 Å². The van der Waals surface area contributed by atoms with E-state index in [9.17, 15) is 34.3 Å². The molecule has 10 atom stereocenters. The Kier molecular flexibility index (Phi) is 16.0. The number of rotatable bonds is 15. The second-order valence-electron chi connectivity index (χ2n) is 11.4. The topological polar surface area (TPSA) is 256 Å². The molecule has 20 nitrogen and oxygen atoms in total. The first-order chi connectivity index (χ1) is 24.7. The average molecular weight is 739 g/mol. The second kappa shape index (κ2) is 20.1. The number of benzene rings is 1. The molecule has 2 fully saturated rings. The first-order valence-electron chi connectivity index (χ1n) is 16.1. The van der Waals surface area contributed by atoms with Crippen molar-refractivity contribution < 1.29 is 76.1 Å². The zero-order valence-electron chi connectivity index (χ0n) is 29.4. The summed E-state index contributed by atoms with van der Waals surface area (Å²) in [5.41, 5.74) is 10.1. The molecule has 286 valence electrons. The van der Waals surface area contributed by atoms with Gasteiger partial charge in [0.2, 0.25) is 0 Å². The quantitative estimate of drug-likeness (QED) is 0.0884. The highest BCUT2D eigenvalue weighted by molar-refractivity contribution is 5.70. The van der Waals surface area contributed by atoms with Crippen LogP contribution in [0, 0.1) is 0 Å². The zero-order valence-corrected chi connectivity index (χ0v) is 29.4. The van der Waals surface area contributed by atoms with E-state index in [2.05, 4.69) is 15.3 Å². The van der Waals surface area contributed by atoms with Crippen LogP contribution in [0.15, 0.2) is 35.4 Å². The number of nitrogens with one attached hydrogen (secondary N) is 1. The molecule has 20 heteroatoms. The van der Waals surface area contributed by atoms with Gasteiger partial charge in [-0.1, -0.05) is 35.4 Å². The standard InChI is InChI=1S/C32H42N4O16/c1-7-43-30-24(34-32(42)46-13-21-11-9-8-10-12-21)28(49-19(5)40)26(47-17(3)38)23(51-30)15-45-31-25(35-36-33)29(50-20(6)41)27(48-18(4)39)22(52-31)14-44-16(2)37/h8-12,22-31H,7,13-15H2,1-6H3,(H,34,42)/t22-,23-,24-,25-,26-,27+,28-,29-,30+,31+/m1/s1. The van der Waals surface area contributed by atoms with Gasteiger partial charge in [-0.3, -0.25) is 24.0 Å². The summed E-state index contributed by atoms with van der Waals surface area (Å²) < 4.78 is 56.1. The normalized spacial score (nSPS) is 28.2. The minimum atomic E-state index is -1.59. The molecule has 1 amide bonds. The highest BCUT2D eigenvalue weighted by Crippen LogP contribution is 2.32. The third-order valence-electron chi connectivity index (χ3n) is 7.36.